The molecule has 0 radical (unpaired) electrons. The summed E-state index contributed by atoms with van der Waals surface area (Å²) < 4.78 is 6.44. The Morgan fingerprint density at radius 2 is 1.33 bits per heavy atom. The van der Waals surface area contributed by atoms with Gasteiger partial charge in [-0.15, -0.1) is 0 Å². The number of nitrogens with zero attached hydrogens (tertiary/aromatic N) is 1. The van der Waals surface area contributed by atoms with Crippen molar-refractivity contribution in [1.29, 1.82) is 0 Å². The van der Waals surface area contributed by atoms with Crippen molar-refractivity contribution in [3.05, 3.63) is 214 Å². The highest BCUT2D eigenvalue weighted by Crippen LogP contribution is 2.57. The Hall–Kier alpha value is -6.75. The van der Waals surface area contributed by atoms with Gasteiger partial charge in [-0.3, -0.25) is 5.32 Å². The highest BCUT2D eigenvalue weighted by Gasteiger charge is 2.45. The van der Waals surface area contributed by atoms with Crippen LogP contribution in [0.15, 0.2) is 179 Å². The van der Waals surface area contributed by atoms with Gasteiger partial charge in [-0.25, -0.2) is 4.99 Å². The Labute approximate surface area is 357 Å². The Morgan fingerprint density at radius 1 is 0.607 bits per heavy atom. The normalized spacial score (nSPS) is 20.5. The van der Waals surface area contributed by atoms with E-state index in [2.05, 4.69) is 196 Å². The van der Waals surface area contributed by atoms with Gasteiger partial charge >= 0.3 is 0 Å². The molecular formula is C57H48N3O+. The van der Waals surface area contributed by atoms with E-state index in [1.165, 1.54) is 66.8 Å². The van der Waals surface area contributed by atoms with E-state index in [1.54, 1.807) is 0 Å². The van der Waals surface area contributed by atoms with Crippen LogP contribution in [0.1, 0.15) is 91.0 Å². The van der Waals surface area contributed by atoms with Gasteiger partial charge in [0.15, 0.2) is 6.17 Å². The highest BCUT2D eigenvalue weighted by atomic mass is 16.3. The second-order valence-corrected chi connectivity index (χ2v) is 18.4. The maximum atomic E-state index is 6.44. The van der Waals surface area contributed by atoms with Gasteiger partial charge in [-0.05, 0) is 103 Å². The van der Waals surface area contributed by atoms with Crippen molar-refractivity contribution >= 4 is 38.9 Å². The van der Waals surface area contributed by atoms with E-state index in [4.69, 9.17) is 9.41 Å². The van der Waals surface area contributed by atoms with E-state index >= 15 is 0 Å². The number of furan rings is 1. The standard InChI is InChI=1S/C57H47N3O/c1-56(2)45-23-11-8-19-42(45)51-37(21-14-25-47(51)56)35-28-30-38(41-22-15-26-48-52(41)43-20-9-12-24-46(43)57(48,3)4)44(32-35)55-59-53(34-16-6-5-7-17-34)58-54(60-55)36-29-31-40-39-18-10-13-27-49(39)61-50(40)33-36/h5-25,27-33,48,54-55,60H,26H2,1-4H3,(H,58,59)/p+1. The molecule has 2 heterocycles. The first-order valence-electron chi connectivity index (χ1n) is 21.8. The Kier molecular flexibility index (Phi) is 7.92. The van der Waals surface area contributed by atoms with Crippen molar-refractivity contribution in [3.63, 3.8) is 0 Å². The molecule has 4 nitrogen and oxygen atoms in total. The molecule has 61 heavy (non-hydrogen) atoms. The molecule has 12 rings (SSSR count). The topological polar surface area (TPSA) is 54.1 Å². The molecule has 1 aromatic heterocycles. The molecule has 0 bridgehead atoms. The maximum absolute atomic E-state index is 6.44. The summed E-state index contributed by atoms with van der Waals surface area (Å²) >= 11 is 0. The van der Waals surface area contributed by atoms with Crippen molar-refractivity contribution in [1.82, 2.24) is 5.32 Å². The van der Waals surface area contributed by atoms with Gasteiger partial charge in [0.2, 0.25) is 6.17 Å². The van der Waals surface area contributed by atoms with E-state index in [1.807, 2.05) is 12.1 Å². The third kappa shape index (κ3) is 5.45. The second kappa shape index (κ2) is 13.4. The number of rotatable bonds is 5. The van der Waals surface area contributed by atoms with Crippen LogP contribution in [0.3, 0.4) is 0 Å². The molecule has 0 fully saturated rings. The monoisotopic (exact) mass is 790 g/mol. The summed E-state index contributed by atoms with van der Waals surface area (Å²) in [4.78, 5) is 5.45. The Bertz CT molecular complexity index is 3200. The van der Waals surface area contributed by atoms with E-state index in [0.29, 0.717) is 5.92 Å². The fraction of sp³-hybridized carbons (Fsp3) is 0.175. The van der Waals surface area contributed by atoms with Crippen molar-refractivity contribution in [2.45, 2.75) is 57.3 Å². The molecule has 3 aliphatic carbocycles. The van der Waals surface area contributed by atoms with Crippen LogP contribution in [0.5, 0.6) is 0 Å². The number of hydrogen-bond acceptors (Lipinski definition) is 3. The minimum Gasteiger partial charge on any atom is -0.456 e. The number of hydrogen-bond donors (Lipinski definition) is 2. The average Bonchev–Trinajstić information content (AvgIpc) is 3.88. The summed E-state index contributed by atoms with van der Waals surface area (Å²) in [6, 6.07) is 57.8. The van der Waals surface area contributed by atoms with E-state index < -0.39 is 0 Å². The zero-order valence-corrected chi connectivity index (χ0v) is 35.0. The quantitative estimate of drug-likeness (QED) is 0.182. The van der Waals surface area contributed by atoms with Crippen LogP contribution in [-0.4, -0.2) is 5.84 Å². The molecule has 3 N–H and O–H groups in total. The predicted molar refractivity (Wildman–Crippen MR) is 250 cm³/mol. The summed E-state index contributed by atoms with van der Waals surface area (Å²) in [5.74, 6) is 1.28. The molecule has 0 amide bonds. The lowest BCUT2D eigenvalue weighted by molar-refractivity contribution is -0.739. The number of allylic oxidation sites excluding steroid dienone is 4. The number of para-hydroxylation sites is 1. The van der Waals surface area contributed by atoms with Crippen LogP contribution in [0.4, 0.5) is 0 Å². The molecule has 0 saturated heterocycles. The zero-order chi connectivity index (χ0) is 41.0. The molecule has 0 spiro atoms. The molecule has 4 aliphatic rings. The fourth-order valence-corrected chi connectivity index (χ4v) is 11.3. The number of fused-ring (bicyclic) bond motifs is 9. The SMILES string of the molecule is CC1(C)c2ccccc2-c2c(-c3ccc(C4=C5c6ccccc6C(C)(C)C5CC=C4)c(C4NC(c5ccccc5)=NC(c5ccc6c(c5)oc5ccccc56)[NH2+]4)c3)cccc21. The zero-order valence-electron chi connectivity index (χ0n) is 35.0. The molecule has 0 saturated carbocycles. The number of amidine groups is 1. The predicted octanol–water partition coefficient (Wildman–Crippen LogP) is 12.6. The van der Waals surface area contributed by atoms with Gasteiger partial charge in [0, 0.05) is 32.9 Å². The number of aliphatic imine (C=N–C) groups is 1. The van der Waals surface area contributed by atoms with Gasteiger partial charge in [0.05, 0.1) is 0 Å². The van der Waals surface area contributed by atoms with Crippen LogP contribution < -0.4 is 10.6 Å². The number of nitrogens with two attached hydrogens (primary N) is 1. The average molecular weight is 791 g/mol. The first-order chi connectivity index (χ1) is 29.8. The molecule has 1 aliphatic heterocycles. The molecular weight excluding hydrogens is 743 g/mol. The molecule has 3 atom stereocenters. The number of nitrogens with one attached hydrogen (secondary N) is 1. The van der Waals surface area contributed by atoms with E-state index in [-0.39, 0.29) is 23.2 Å². The largest absolute Gasteiger partial charge is 0.456 e. The minimum atomic E-state index is -0.220. The third-order valence-electron chi connectivity index (χ3n) is 14.4. The lowest BCUT2D eigenvalue weighted by Gasteiger charge is -2.33. The van der Waals surface area contributed by atoms with E-state index in [9.17, 15) is 0 Å². The maximum Gasteiger partial charge on any atom is 0.209 e. The molecule has 296 valence electrons. The van der Waals surface area contributed by atoms with Crippen molar-refractivity contribution in [2.75, 3.05) is 0 Å². The van der Waals surface area contributed by atoms with Crippen LogP contribution in [0.2, 0.25) is 0 Å². The van der Waals surface area contributed by atoms with Crippen molar-refractivity contribution in [2.24, 2.45) is 10.9 Å². The highest BCUT2D eigenvalue weighted by molar-refractivity contribution is 6.05. The van der Waals surface area contributed by atoms with Gasteiger partial charge in [0.25, 0.3) is 0 Å². The van der Waals surface area contributed by atoms with Crippen molar-refractivity contribution in [3.8, 4) is 22.3 Å². The van der Waals surface area contributed by atoms with Crippen LogP contribution in [0.25, 0.3) is 55.3 Å². The Balaban J connectivity index is 1.07. The smallest absolute Gasteiger partial charge is 0.209 e. The lowest BCUT2D eigenvalue weighted by Crippen LogP contribution is -2.90. The minimum absolute atomic E-state index is 0.0234. The number of benzene rings is 7. The lowest BCUT2D eigenvalue weighted by atomic mass is 9.72. The first kappa shape index (κ1) is 36.1. The first-order valence-corrected chi connectivity index (χ1v) is 21.8. The Morgan fingerprint density at radius 3 is 2.20 bits per heavy atom. The van der Waals surface area contributed by atoms with Gasteiger partial charge < -0.3 is 9.73 Å². The summed E-state index contributed by atoms with van der Waals surface area (Å²) in [5, 5.41) is 8.67. The molecule has 8 aromatic rings. The van der Waals surface area contributed by atoms with Crippen LogP contribution in [0, 0.1) is 5.92 Å². The van der Waals surface area contributed by atoms with Crippen LogP contribution in [-0.2, 0) is 10.8 Å². The summed E-state index contributed by atoms with van der Waals surface area (Å²) in [5.41, 5.74) is 19.9. The van der Waals surface area contributed by atoms with Gasteiger partial charge in [-0.2, -0.15) is 0 Å². The summed E-state index contributed by atoms with van der Waals surface area (Å²) in [7, 11) is 0. The molecule has 3 unspecified atom stereocenters. The number of quaternary nitrogens is 1. The summed E-state index contributed by atoms with van der Waals surface area (Å²) in [6.07, 6.45) is 5.47. The summed E-state index contributed by atoms with van der Waals surface area (Å²) in [6.45, 7) is 9.60. The second-order valence-electron chi connectivity index (χ2n) is 18.4. The van der Waals surface area contributed by atoms with Crippen LogP contribution >= 0.6 is 0 Å². The van der Waals surface area contributed by atoms with Gasteiger partial charge in [-0.1, -0.05) is 173 Å². The molecule has 7 aromatic carbocycles. The third-order valence-corrected chi connectivity index (χ3v) is 14.4. The van der Waals surface area contributed by atoms with Gasteiger partial charge in [0.1, 0.15) is 17.0 Å². The van der Waals surface area contributed by atoms with E-state index in [0.717, 1.165) is 45.3 Å². The molecule has 4 heteroatoms. The fourth-order valence-electron chi connectivity index (χ4n) is 11.3. The van der Waals surface area contributed by atoms with Crippen molar-refractivity contribution < 1.29 is 9.73 Å².